The van der Waals surface area contributed by atoms with Crippen molar-refractivity contribution in [3.05, 3.63) is 0 Å². The van der Waals surface area contributed by atoms with E-state index in [1.807, 2.05) is 0 Å². The van der Waals surface area contributed by atoms with Crippen molar-refractivity contribution in [2.45, 2.75) is 45.6 Å². The van der Waals surface area contributed by atoms with Gasteiger partial charge in [0.15, 0.2) is 0 Å². The minimum Gasteiger partial charge on any atom is -0.380 e. The van der Waals surface area contributed by atoms with Crippen LogP contribution >= 0.6 is 0 Å². The van der Waals surface area contributed by atoms with Crippen LogP contribution in [0.25, 0.3) is 0 Å². The van der Waals surface area contributed by atoms with Crippen LogP contribution < -0.4 is 5.32 Å². The maximum atomic E-state index is 12.0. The average molecular weight is 306 g/mol. The lowest BCUT2D eigenvalue weighted by Crippen LogP contribution is -2.32. The zero-order valence-electron chi connectivity index (χ0n) is 13.1. The quantitative estimate of drug-likeness (QED) is 0.555. The predicted molar refractivity (Wildman–Crippen MR) is 82.3 cm³/mol. The van der Waals surface area contributed by atoms with Crippen LogP contribution in [-0.2, 0) is 14.8 Å². The lowest BCUT2D eigenvalue weighted by molar-refractivity contribution is 0.117. The summed E-state index contributed by atoms with van der Waals surface area (Å²) < 4.78 is 30.9. The summed E-state index contributed by atoms with van der Waals surface area (Å²) in [5, 5.41) is 3.29. The number of nitrogens with zero attached hydrogens (tertiary/aromatic N) is 1. The number of nitrogens with one attached hydrogen (secondary N) is 1. The lowest BCUT2D eigenvalue weighted by Gasteiger charge is -2.17. The summed E-state index contributed by atoms with van der Waals surface area (Å²) >= 11 is 0. The van der Waals surface area contributed by atoms with Gasteiger partial charge in [0.05, 0.1) is 12.4 Å². The highest BCUT2D eigenvalue weighted by atomic mass is 32.2. The van der Waals surface area contributed by atoms with E-state index in [4.69, 9.17) is 4.74 Å². The standard InChI is InChI=1S/C14H30N2O3S/c1-13(2)15-8-4-5-11-20(17,18)16(3)9-10-19-12-14-6-7-14/h13-15H,4-12H2,1-3H3. The molecule has 0 amide bonds. The molecule has 0 unspecified atom stereocenters. The first-order valence-electron chi connectivity index (χ1n) is 7.67. The van der Waals surface area contributed by atoms with Crippen LogP contribution in [0.2, 0.25) is 0 Å². The molecular formula is C14H30N2O3S. The second-order valence-corrected chi connectivity index (χ2v) is 8.17. The van der Waals surface area contributed by atoms with Gasteiger partial charge in [-0.1, -0.05) is 13.8 Å². The molecule has 1 fully saturated rings. The molecule has 0 aromatic carbocycles. The van der Waals surface area contributed by atoms with Gasteiger partial charge in [0.2, 0.25) is 10.0 Å². The van der Waals surface area contributed by atoms with Gasteiger partial charge in [-0.05, 0) is 38.1 Å². The predicted octanol–water partition coefficient (Wildman–Crippen LogP) is 1.45. The Kier molecular flexibility index (Phi) is 8.02. The van der Waals surface area contributed by atoms with Crippen LogP contribution in [0.4, 0.5) is 0 Å². The van der Waals surface area contributed by atoms with Crippen molar-refractivity contribution < 1.29 is 13.2 Å². The topological polar surface area (TPSA) is 58.6 Å². The Bertz CT molecular complexity index is 353. The minimum atomic E-state index is -3.12. The molecule has 0 atom stereocenters. The van der Waals surface area contributed by atoms with E-state index in [2.05, 4.69) is 19.2 Å². The summed E-state index contributed by atoms with van der Waals surface area (Å²) in [7, 11) is -1.48. The van der Waals surface area contributed by atoms with Gasteiger partial charge in [0, 0.05) is 26.2 Å². The van der Waals surface area contributed by atoms with Crippen LogP contribution in [0.3, 0.4) is 0 Å². The van der Waals surface area contributed by atoms with E-state index >= 15 is 0 Å². The Morgan fingerprint density at radius 1 is 1.30 bits per heavy atom. The van der Waals surface area contributed by atoms with Gasteiger partial charge in [0.25, 0.3) is 0 Å². The molecule has 0 heterocycles. The summed E-state index contributed by atoms with van der Waals surface area (Å²) in [5.41, 5.74) is 0. The van der Waals surface area contributed by atoms with E-state index in [1.165, 1.54) is 17.1 Å². The molecular weight excluding hydrogens is 276 g/mol. The molecule has 1 N–H and O–H groups in total. The number of hydrogen-bond donors (Lipinski definition) is 1. The molecule has 1 rings (SSSR count). The average Bonchev–Trinajstić information content (AvgIpc) is 3.17. The van der Waals surface area contributed by atoms with Gasteiger partial charge in [-0.25, -0.2) is 12.7 Å². The van der Waals surface area contributed by atoms with Crippen LogP contribution in [0.15, 0.2) is 0 Å². The molecule has 1 aliphatic carbocycles. The smallest absolute Gasteiger partial charge is 0.213 e. The Balaban J connectivity index is 2.07. The van der Waals surface area contributed by atoms with Crippen LogP contribution in [0, 0.1) is 5.92 Å². The van der Waals surface area contributed by atoms with Gasteiger partial charge in [-0.15, -0.1) is 0 Å². The van der Waals surface area contributed by atoms with Crippen molar-refractivity contribution in [1.29, 1.82) is 0 Å². The number of rotatable bonds is 12. The molecule has 0 saturated heterocycles. The van der Waals surface area contributed by atoms with Crippen molar-refractivity contribution in [2.75, 3.05) is 39.1 Å². The molecule has 120 valence electrons. The second kappa shape index (κ2) is 8.97. The van der Waals surface area contributed by atoms with E-state index in [-0.39, 0.29) is 5.75 Å². The van der Waals surface area contributed by atoms with Crippen molar-refractivity contribution >= 4 is 10.0 Å². The molecule has 0 spiro atoms. The second-order valence-electron chi connectivity index (χ2n) is 5.97. The first-order chi connectivity index (χ1) is 9.42. The zero-order chi connectivity index (χ0) is 15.0. The fourth-order valence-corrected chi connectivity index (χ4v) is 3.06. The number of likely N-dealkylation sites (N-methyl/N-ethyl adjacent to an activating group) is 1. The molecule has 0 aromatic heterocycles. The normalized spacial score (nSPS) is 16.2. The molecule has 20 heavy (non-hydrogen) atoms. The molecule has 0 aliphatic heterocycles. The SMILES string of the molecule is CC(C)NCCCCS(=O)(=O)N(C)CCOCC1CC1. The summed E-state index contributed by atoms with van der Waals surface area (Å²) in [6.45, 7) is 6.80. The highest BCUT2D eigenvalue weighted by molar-refractivity contribution is 7.89. The Morgan fingerprint density at radius 2 is 2.00 bits per heavy atom. The van der Waals surface area contributed by atoms with E-state index in [0.717, 1.165) is 25.5 Å². The first-order valence-corrected chi connectivity index (χ1v) is 9.28. The summed E-state index contributed by atoms with van der Waals surface area (Å²) in [5.74, 6) is 0.955. The summed E-state index contributed by atoms with van der Waals surface area (Å²) in [6.07, 6.45) is 4.12. The van der Waals surface area contributed by atoms with Crippen molar-refractivity contribution in [2.24, 2.45) is 5.92 Å². The summed E-state index contributed by atoms with van der Waals surface area (Å²) in [4.78, 5) is 0. The fraction of sp³-hybridized carbons (Fsp3) is 1.00. The molecule has 0 radical (unpaired) electrons. The Hall–Kier alpha value is -0.170. The molecule has 5 nitrogen and oxygen atoms in total. The number of ether oxygens (including phenoxy) is 1. The van der Waals surface area contributed by atoms with Crippen LogP contribution in [0.1, 0.15) is 39.5 Å². The lowest BCUT2D eigenvalue weighted by atomic mass is 10.3. The van der Waals surface area contributed by atoms with Crippen LogP contribution in [-0.4, -0.2) is 57.9 Å². The molecule has 0 bridgehead atoms. The molecule has 0 aromatic rings. The third kappa shape index (κ3) is 8.19. The third-order valence-corrected chi connectivity index (χ3v) is 5.39. The monoisotopic (exact) mass is 306 g/mol. The van der Waals surface area contributed by atoms with E-state index in [1.54, 1.807) is 7.05 Å². The Labute approximate surface area is 124 Å². The van der Waals surface area contributed by atoms with Crippen molar-refractivity contribution in [1.82, 2.24) is 9.62 Å². The number of hydrogen-bond acceptors (Lipinski definition) is 4. The largest absolute Gasteiger partial charge is 0.380 e. The van der Waals surface area contributed by atoms with Gasteiger partial charge in [0.1, 0.15) is 0 Å². The van der Waals surface area contributed by atoms with Gasteiger partial charge in [-0.2, -0.15) is 0 Å². The highest BCUT2D eigenvalue weighted by Crippen LogP contribution is 2.28. The minimum absolute atomic E-state index is 0.228. The van der Waals surface area contributed by atoms with Crippen molar-refractivity contribution in [3.8, 4) is 0 Å². The van der Waals surface area contributed by atoms with Crippen molar-refractivity contribution in [3.63, 3.8) is 0 Å². The Morgan fingerprint density at radius 3 is 2.60 bits per heavy atom. The molecule has 1 aliphatic rings. The highest BCUT2D eigenvalue weighted by Gasteiger charge is 2.22. The van der Waals surface area contributed by atoms with Gasteiger partial charge in [-0.3, -0.25) is 0 Å². The van der Waals surface area contributed by atoms with E-state index in [9.17, 15) is 8.42 Å². The first kappa shape index (κ1) is 17.9. The number of unbranched alkanes of at least 4 members (excludes halogenated alkanes) is 1. The van der Waals surface area contributed by atoms with E-state index < -0.39 is 10.0 Å². The van der Waals surface area contributed by atoms with Gasteiger partial charge >= 0.3 is 0 Å². The zero-order valence-corrected chi connectivity index (χ0v) is 13.9. The maximum absolute atomic E-state index is 12.0. The van der Waals surface area contributed by atoms with E-state index in [0.29, 0.717) is 25.6 Å². The van der Waals surface area contributed by atoms with Crippen LogP contribution in [0.5, 0.6) is 0 Å². The van der Waals surface area contributed by atoms with Gasteiger partial charge < -0.3 is 10.1 Å². The molecule has 1 saturated carbocycles. The number of sulfonamides is 1. The fourth-order valence-electron chi connectivity index (χ4n) is 1.82. The third-order valence-electron chi connectivity index (χ3n) is 3.46. The molecule has 6 heteroatoms. The maximum Gasteiger partial charge on any atom is 0.213 e. The summed E-state index contributed by atoms with van der Waals surface area (Å²) in [6, 6.07) is 0.456.